The number of primary amides is 2. The summed E-state index contributed by atoms with van der Waals surface area (Å²) in [5.74, 6) is -19.9. The lowest BCUT2D eigenvalue weighted by Crippen LogP contribution is -2.63. The number of hydrogen-bond acceptors (Lipinski definition) is 22. The van der Waals surface area contributed by atoms with Crippen molar-refractivity contribution in [1.29, 1.82) is 0 Å². The molecule has 39 heteroatoms. The smallest absolute Gasteiger partial charge is 0.329 e. The molecule has 1 aliphatic rings. The largest absolute Gasteiger partial charge is 0.481 e. The van der Waals surface area contributed by atoms with E-state index in [1.54, 1.807) is 88.5 Å². The summed E-state index contributed by atoms with van der Waals surface area (Å²) in [4.78, 5) is 230. The number of aliphatic hydroxyl groups excluding tert-OH is 3. The van der Waals surface area contributed by atoms with E-state index in [-0.39, 0.29) is 88.7 Å². The van der Waals surface area contributed by atoms with E-state index in [1.807, 2.05) is 24.5 Å². The predicted octanol–water partition coefficient (Wildman–Crippen LogP) is -4.60. The van der Waals surface area contributed by atoms with Gasteiger partial charge in [-0.2, -0.15) is 0 Å². The number of rotatable bonds is 26. The molecule has 2 aromatic carbocycles. The first kappa shape index (κ1) is 95.8. The van der Waals surface area contributed by atoms with Gasteiger partial charge in [0.25, 0.3) is 0 Å². The maximum atomic E-state index is 15.1. The number of cyclic esters (lactones) is 1. The Morgan fingerprint density at radius 1 is 0.562 bits per heavy atom. The van der Waals surface area contributed by atoms with Crippen LogP contribution >= 0.6 is 12.4 Å². The molecule has 0 aliphatic carbocycles. The zero-order valence-electron chi connectivity index (χ0n) is 64.3. The summed E-state index contributed by atoms with van der Waals surface area (Å²) in [6.07, 6.45) is -5.48. The lowest BCUT2D eigenvalue weighted by Gasteiger charge is -2.34. The van der Waals surface area contributed by atoms with Gasteiger partial charge in [0.15, 0.2) is 6.10 Å². The number of halogens is 1. The van der Waals surface area contributed by atoms with Crippen LogP contribution in [-0.2, 0) is 94.3 Å². The zero-order valence-corrected chi connectivity index (χ0v) is 65.1. The van der Waals surface area contributed by atoms with Crippen LogP contribution in [0.1, 0.15) is 130 Å². The van der Waals surface area contributed by atoms with E-state index in [2.05, 4.69) is 47.5 Å². The van der Waals surface area contributed by atoms with Crippen LogP contribution in [-0.4, -0.2) is 255 Å². The number of aromatic amines is 1. The first-order valence-electron chi connectivity index (χ1n) is 36.9. The van der Waals surface area contributed by atoms with Crippen LogP contribution in [0, 0.1) is 17.8 Å². The fourth-order valence-electron chi connectivity index (χ4n) is 12.3. The van der Waals surface area contributed by atoms with Gasteiger partial charge in [-0.25, -0.2) is 4.79 Å². The Morgan fingerprint density at radius 3 is 1.65 bits per heavy atom. The van der Waals surface area contributed by atoms with E-state index in [0.29, 0.717) is 34.9 Å². The minimum absolute atomic E-state index is 0. The molecule has 1 aromatic heterocycles. The number of benzene rings is 2. The fraction of sp³-hybridized carbons (Fsp3) is 0.589. The molecule has 0 saturated carbocycles. The van der Waals surface area contributed by atoms with Crippen LogP contribution in [0.4, 0.5) is 0 Å². The van der Waals surface area contributed by atoms with Gasteiger partial charge in [0, 0.05) is 50.5 Å². The number of amides is 14. The van der Waals surface area contributed by atoms with Crippen molar-refractivity contribution < 1.29 is 102 Å². The number of H-pyrrole nitrogens is 1. The molecule has 4 rings (SSSR count). The summed E-state index contributed by atoms with van der Waals surface area (Å²) in [5.41, 5.74) is 24.4. The number of aromatic nitrogens is 1. The van der Waals surface area contributed by atoms with Crippen molar-refractivity contribution in [3.8, 4) is 0 Å². The molecule has 38 nitrogen and oxygen atoms in total. The average molecular weight is 1600 g/mol. The summed E-state index contributed by atoms with van der Waals surface area (Å²) in [7, 11) is 2.44. The Balaban J connectivity index is 0.0000325. The summed E-state index contributed by atoms with van der Waals surface area (Å²) < 4.78 is 6.01. The molecule has 14 amide bonds. The Bertz CT molecular complexity index is 3720. The molecular weight excluding hydrogens is 1490 g/mol. The van der Waals surface area contributed by atoms with E-state index in [9.17, 15) is 92.3 Å². The van der Waals surface area contributed by atoms with Crippen molar-refractivity contribution in [2.75, 3.05) is 46.9 Å². The van der Waals surface area contributed by atoms with Gasteiger partial charge in [0.05, 0.1) is 32.6 Å². The van der Waals surface area contributed by atoms with Crippen molar-refractivity contribution in [2.24, 2.45) is 40.7 Å². The molecule has 0 spiro atoms. The fourth-order valence-corrected chi connectivity index (χ4v) is 12.3. The van der Waals surface area contributed by atoms with Crippen molar-refractivity contribution in [3.63, 3.8) is 0 Å². The highest BCUT2D eigenvalue weighted by atomic mass is 35.5. The van der Waals surface area contributed by atoms with Crippen molar-refractivity contribution >= 4 is 118 Å². The van der Waals surface area contributed by atoms with E-state index in [4.69, 9.17) is 27.7 Å². The first-order chi connectivity index (χ1) is 52.4. The van der Waals surface area contributed by atoms with Gasteiger partial charge >= 0.3 is 11.9 Å². The molecule has 1 aliphatic heterocycles. The number of carbonyl (C=O) groups excluding carboxylic acids is 15. The first-order valence-corrected chi connectivity index (χ1v) is 36.9. The second kappa shape index (κ2) is 47.7. The van der Waals surface area contributed by atoms with Gasteiger partial charge < -0.3 is 116 Å². The van der Waals surface area contributed by atoms with Gasteiger partial charge in [0.1, 0.15) is 72.6 Å². The highest BCUT2D eigenvalue weighted by molar-refractivity contribution is 6.01. The third kappa shape index (κ3) is 30.7. The van der Waals surface area contributed by atoms with Gasteiger partial charge in [-0.1, -0.05) is 96.5 Å². The maximum Gasteiger partial charge on any atom is 0.329 e. The number of likely N-dealkylation sites (N-methyl/N-ethyl adjacent to an activating group) is 2. The summed E-state index contributed by atoms with van der Waals surface area (Å²) in [6.45, 7) is 6.91. The molecule has 1 fully saturated rings. The minimum atomic E-state index is -2.59. The number of aliphatic hydroxyl groups is 3. The number of para-hydroxylation sites is 1. The van der Waals surface area contributed by atoms with Crippen LogP contribution in [0.2, 0.25) is 0 Å². The molecular formula is C73H112ClN17O21. The molecule has 0 unspecified atom stereocenters. The summed E-state index contributed by atoms with van der Waals surface area (Å²) in [6, 6.07) is -4.44. The lowest BCUT2D eigenvalue weighted by atomic mass is 9.99. The quantitative estimate of drug-likeness (QED) is 0.0336. The van der Waals surface area contributed by atoms with Crippen LogP contribution < -0.4 is 76.1 Å². The Kier molecular flexibility index (Phi) is 40.8. The van der Waals surface area contributed by atoms with Crippen LogP contribution in [0.5, 0.6) is 0 Å². The van der Waals surface area contributed by atoms with E-state index >= 15 is 4.79 Å². The molecule has 3 aromatic rings. The second-order valence-electron chi connectivity index (χ2n) is 28.6. The number of nitrogens with one attached hydrogen (secondary N) is 11. The number of carbonyl (C=O) groups is 16. The number of esters is 1. The van der Waals surface area contributed by atoms with E-state index in [0.717, 1.165) is 9.80 Å². The average Bonchev–Trinajstić information content (AvgIpc) is 1.53. The van der Waals surface area contributed by atoms with Crippen molar-refractivity contribution in [3.05, 3.63) is 71.9 Å². The molecule has 13 atom stereocenters. The highest BCUT2D eigenvalue weighted by Gasteiger charge is 2.42. The Morgan fingerprint density at radius 2 is 1.08 bits per heavy atom. The summed E-state index contributed by atoms with van der Waals surface area (Å²) >= 11 is 0. The van der Waals surface area contributed by atoms with E-state index in [1.165, 1.54) is 14.1 Å². The third-order valence-electron chi connectivity index (χ3n) is 18.4. The molecule has 1 saturated heterocycles. The third-order valence-corrected chi connectivity index (χ3v) is 18.4. The summed E-state index contributed by atoms with van der Waals surface area (Å²) in [5, 5.41) is 66.0. The van der Waals surface area contributed by atoms with Crippen molar-refractivity contribution in [2.45, 2.75) is 210 Å². The Labute approximate surface area is 654 Å². The lowest BCUT2D eigenvalue weighted by molar-refractivity contribution is -0.162. The number of carboxylic acid groups (broad SMARTS) is 1. The van der Waals surface area contributed by atoms with Crippen LogP contribution in [0.3, 0.4) is 0 Å². The van der Waals surface area contributed by atoms with Crippen LogP contribution in [0.15, 0.2) is 60.8 Å². The van der Waals surface area contributed by atoms with Gasteiger partial charge in [0.2, 0.25) is 82.7 Å². The predicted molar refractivity (Wildman–Crippen MR) is 407 cm³/mol. The second-order valence-corrected chi connectivity index (χ2v) is 28.6. The zero-order chi connectivity index (χ0) is 82.9. The monoisotopic (exact) mass is 1600 g/mol. The number of carboxylic acids is 1. The normalized spacial score (nSPS) is 24.0. The van der Waals surface area contributed by atoms with E-state index < -0.39 is 225 Å². The molecule has 0 bridgehead atoms. The number of hydrogen-bond donors (Lipinski definition) is 19. The maximum absolute atomic E-state index is 15.1. The number of ether oxygens (including phenoxy) is 1. The van der Waals surface area contributed by atoms with Gasteiger partial charge in [-0.3, -0.25) is 71.9 Å². The van der Waals surface area contributed by atoms with Gasteiger partial charge in [-0.15, -0.1) is 12.4 Å². The van der Waals surface area contributed by atoms with Crippen molar-refractivity contribution in [1.82, 2.24) is 68.0 Å². The van der Waals surface area contributed by atoms with Gasteiger partial charge in [-0.05, 0) is 99.4 Å². The molecule has 622 valence electrons. The Hall–Kier alpha value is -10.4. The molecule has 2 heterocycles. The minimum Gasteiger partial charge on any atom is -0.481 e. The number of aliphatic carboxylic acids is 1. The SMILES string of the molecule is CC(C)CCC[C@@H]1CC(=O)N[C@@H](CO)C(=O)N[C@H]([C@@H](O)C(N)=O)C(=O)N[C@@H](CO)C(=O)NCC(=O)N(C)[C@H](Cc2ccccc2)C(=O)N[C@@H](CC(C)C)C(=O)N[C@H](CCCN)C(=O)N[C@@H](CCC(=O)O)C(=O)N[C@H](CC(N)=O)C(=O)N[C@H](Cc2c[nH]c3ccccc23)C(=O)N[C@H](CCCN)C(=O)N(C)[C@@H](C(C)C)C(=O)O1.Cl. The topological polar surface area (TPSA) is 610 Å². The molecule has 0 radical (unpaired) electrons. The van der Waals surface area contributed by atoms with Crippen LogP contribution in [0.25, 0.3) is 10.9 Å². The number of nitrogens with two attached hydrogens (primary N) is 4. The standard InChI is InChI=1S/C73H111N17O21.ClH/c1-38(2)17-14-20-43-32-56(94)80-53(37-92)69(106)88-59(61(98)62(77)99)71(108)87-52(36-91)63(100)79-35-57(95)89(7)54(30-41-18-10-9-11-19-41)70(107)86-49(29-39(3)4)66(103)81-46(23-15-27-74)64(101)82-47(25-26-58(96)97)65(102)85-51(33-55(76)93)68(105)84-50(31-42-34-78-45-22-13-12-21-44(42)45)67(104)83-48(24-16-28-75)72(109)90(8)60(40(5)6)73(110)111-43;/h9-13,18-19,21-22,34,38-40,43,46-54,59-61,78,91-92,98H,14-17,20,23-33,35-37,74-75H2,1-8H3,(H2,76,93)(H2,77,99)(H,79,100)(H,80,94)(H,81,103)(H,82,101)(H,83,104)(H,84,105)(H,85,102)(H,86,107)(H,87,108)(H,88,106)(H,96,97);1H/t43-,46-,47+,48-,49+,50-,51-,52+,53+,54-,59-,60+,61-;/m1./s1. The number of nitrogens with zero attached hydrogens (tertiary/aromatic N) is 2. The molecule has 112 heavy (non-hydrogen) atoms. The number of fused-ring (bicyclic) bond motifs is 1. The highest BCUT2D eigenvalue weighted by Crippen LogP contribution is 2.23. The molecule has 23 N–H and O–H groups in total.